The second-order valence-electron chi connectivity index (χ2n) is 6.56. The molecule has 3 aromatic carbocycles. The lowest BCUT2D eigenvalue weighted by Crippen LogP contribution is -2.58. The molecule has 0 N–H and O–H groups in total. The maximum Gasteiger partial charge on any atom is 0.237 e. The highest BCUT2D eigenvalue weighted by Gasteiger charge is 2.47. The molecular formula is C24H21NO2. The Bertz CT molecular complexity index is 933. The van der Waals surface area contributed by atoms with Gasteiger partial charge in [-0.1, -0.05) is 72.8 Å². The number of amides is 1. The molecule has 1 saturated heterocycles. The fraction of sp³-hybridized carbons (Fsp3) is 0.125. The third-order valence-electron chi connectivity index (χ3n) is 4.94. The Balaban J connectivity index is 1.67. The average molecular weight is 355 g/mol. The molecule has 0 saturated carbocycles. The minimum absolute atomic E-state index is 0.0199. The first-order valence-electron chi connectivity index (χ1n) is 9.03. The van der Waals surface area contributed by atoms with Crippen LogP contribution >= 0.6 is 0 Å². The average Bonchev–Trinajstić information content (AvgIpc) is 2.73. The summed E-state index contributed by atoms with van der Waals surface area (Å²) in [5.74, 6) is 0.741. The van der Waals surface area contributed by atoms with Crippen LogP contribution in [0.1, 0.15) is 17.0 Å². The van der Waals surface area contributed by atoms with E-state index >= 15 is 0 Å². The lowest BCUT2D eigenvalue weighted by Gasteiger charge is -2.46. The van der Waals surface area contributed by atoms with Crippen LogP contribution in [0.3, 0.4) is 0 Å². The van der Waals surface area contributed by atoms with E-state index in [4.69, 9.17) is 4.74 Å². The molecule has 134 valence electrons. The Morgan fingerprint density at radius 2 is 1.48 bits per heavy atom. The zero-order valence-corrected chi connectivity index (χ0v) is 15.2. The van der Waals surface area contributed by atoms with Gasteiger partial charge in [0.05, 0.1) is 19.1 Å². The first-order chi connectivity index (χ1) is 13.3. The number of rotatable bonds is 5. The third-order valence-corrected chi connectivity index (χ3v) is 4.94. The van der Waals surface area contributed by atoms with Crippen molar-refractivity contribution in [1.82, 2.24) is 0 Å². The smallest absolute Gasteiger partial charge is 0.237 e. The Labute approximate surface area is 159 Å². The molecule has 0 bridgehead atoms. The summed E-state index contributed by atoms with van der Waals surface area (Å²) in [6.45, 7) is 0. The number of β-lactam (4-membered cyclic amide) rings is 1. The molecule has 27 heavy (non-hydrogen) atoms. The highest BCUT2D eigenvalue weighted by atomic mass is 16.5. The normalized spacial score (nSPS) is 19.1. The lowest BCUT2D eigenvalue weighted by atomic mass is 9.80. The summed E-state index contributed by atoms with van der Waals surface area (Å²) in [5.41, 5.74) is 3.06. The van der Waals surface area contributed by atoms with E-state index < -0.39 is 0 Å². The molecule has 0 aromatic heterocycles. The topological polar surface area (TPSA) is 29.5 Å². The quantitative estimate of drug-likeness (QED) is 0.609. The summed E-state index contributed by atoms with van der Waals surface area (Å²) >= 11 is 0. The van der Waals surface area contributed by atoms with Gasteiger partial charge >= 0.3 is 0 Å². The van der Waals surface area contributed by atoms with E-state index in [2.05, 4.69) is 24.3 Å². The predicted molar refractivity (Wildman–Crippen MR) is 109 cm³/mol. The minimum atomic E-state index is -0.159. The summed E-state index contributed by atoms with van der Waals surface area (Å²) in [7, 11) is 1.64. The summed E-state index contributed by atoms with van der Waals surface area (Å²) in [6, 6.07) is 27.8. The van der Waals surface area contributed by atoms with Crippen LogP contribution in [0.4, 0.5) is 5.69 Å². The zero-order valence-electron chi connectivity index (χ0n) is 15.2. The first-order valence-corrected chi connectivity index (χ1v) is 9.03. The SMILES string of the molecule is COc1ccc(N2C(=O)[C@H](c3ccccc3)[C@H]2/C=C/c2ccccc2)cc1. The van der Waals surface area contributed by atoms with E-state index in [0.717, 1.165) is 22.6 Å². The van der Waals surface area contributed by atoms with Crippen LogP contribution in [-0.2, 0) is 4.79 Å². The summed E-state index contributed by atoms with van der Waals surface area (Å²) in [5, 5.41) is 0. The Morgan fingerprint density at radius 3 is 2.11 bits per heavy atom. The molecule has 1 aliphatic rings. The molecule has 0 radical (unpaired) electrons. The third kappa shape index (κ3) is 3.36. The van der Waals surface area contributed by atoms with Crippen molar-refractivity contribution in [2.45, 2.75) is 12.0 Å². The van der Waals surface area contributed by atoms with Crippen LogP contribution in [0.15, 0.2) is 91.0 Å². The summed E-state index contributed by atoms with van der Waals surface area (Å²) < 4.78 is 5.23. The largest absolute Gasteiger partial charge is 0.497 e. The Hall–Kier alpha value is -3.33. The molecule has 3 heteroatoms. The highest BCUT2D eigenvalue weighted by Crippen LogP contribution is 2.40. The molecule has 1 aliphatic heterocycles. The molecule has 4 rings (SSSR count). The molecule has 0 unspecified atom stereocenters. The molecule has 1 amide bonds. The number of benzene rings is 3. The standard InChI is InChI=1S/C24H21NO2/c1-27-21-15-13-20(14-16-21)25-22(17-12-18-8-4-2-5-9-18)23(24(25)26)19-10-6-3-7-11-19/h2-17,22-23H,1H3/b17-12+/t22-,23-/m1/s1. The monoisotopic (exact) mass is 355 g/mol. The number of nitrogens with zero attached hydrogens (tertiary/aromatic N) is 1. The molecule has 1 heterocycles. The molecular weight excluding hydrogens is 334 g/mol. The van der Waals surface area contributed by atoms with E-state index in [0.29, 0.717) is 0 Å². The van der Waals surface area contributed by atoms with Gasteiger partial charge in [-0.2, -0.15) is 0 Å². The molecule has 0 aliphatic carbocycles. The fourth-order valence-electron chi connectivity index (χ4n) is 3.52. The van der Waals surface area contributed by atoms with Crippen molar-refractivity contribution in [2.24, 2.45) is 0 Å². The number of hydrogen-bond acceptors (Lipinski definition) is 2. The van der Waals surface area contributed by atoms with E-state index in [1.807, 2.05) is 77.7 Å². The van der Waals surface area contributed by atoms with Crippen molar-refractivity contribution in [3.05, 3.63) is 102 Å². The van der Waals surface area contributed by atoms with Crippen LogP contribution in [0.2, 0.25) is 0 Å². The summed E-state index contributed by atoms with van der Waals surface area (Å²) in [4.78, 5) is 14.9. The van der Waals surface area contributed by atoms with Crippen molar-refractivity contribution in [3.63, 3.8) is 0 Å². The Kier molecular flexibility index (Phi) is 4.75. The van der Waals surface area contributed by atoms with Gasteiger partial charge in [0.25, 0.3) is 0 Å². The number of ether oxygens (including phenoxy) is 1. The molecule has 3 aromatic rings. The van der Waals surface area contributed by atoms with E-state index in [1.54, 1.807) is 7.11 Å². The van der Waals surface area contributed by atoms with Crippen LogP contribution < -0.4 is 9.64 Å². The van der Waals surface area contributed by atoms with Gasteiger partial charge < -0.3 is 9.64 Å². The fourth-order valence-corrected chi connectivity index (χ4v) is 3.52. The van der Waals surface area contributed by atoms with Crippen molar-refractivity contribution in [3.8, 4) is 5.75 Å². The molecule has 2 atom stereocenters. The number of methoxy groups -OCH3 is 1. The number of carbonyl (C=O) groups excluding carboxylic acids is 1. The van der Waals surface area contributed by atoms with E-state index in [1.165, 1.54) is 0 Å². The van der Waals surface area contributed by atoms with Gasteiger partial charge in [0.2, 0.25) is 5.91 Å². The van der Waals surface area contributed by atoms with Gasteiger partial charge in [0.1, 0.15) is 5.75 Å². The lowest BCUT2D eigenvalue weighted by molar-refractivity contribution is -0.125. The van der Waals surface area contributed by atoms with Crippen LogP contribution in [0, 0.1) is 0 Å². The van der Waals surface area contributed by atoms with Crippen molar-refractivity contribution in [1.29, 1.82) is 0 Å². The summed E-state index contributed by atoms with van der Waals surface area (Å²) in [6.07, 6.45) is 4.21. The Morgan fingerprint density at radius 1 is 0.852 bits per heavy atom. The van der Waals surface area contributed by atoms with Crippen LogP contribution in [0.25, 0.3) is 6.08 Å². The molecule has 3 nitrogen and oxygen atoms in total. The number of carbonyl (C=O) groups is 1. The zero-order chi connectivity index (χ0) is 18.6. The first kappa shape index (κ1) is 17.1. The van der Waals surface area contributed by atoms with Gasteiger partial charge in [-0.3, -0.25) is 4.79 Å². The maximum atomic E-state index is 13.0. The van der Waals surface area contributed by atoms with Crippen molar-refractivity contribution in [2.75, 3.05) is 12.0 Å². The van der Waals surface area contributed by atoms with Gasteiger partial charge in [0.15, 0.2) is 0 Å². The van der Waals surface area contributed by atoms with Gasteiger partial charge in [0, 0.05) is 5.69 Å². The van der Waals surface area contributed by atoms with Gasteiger partial charge in [-0.15, -0.1) is 0 Å². The van der Waals surface area contributed by atoms with Crippen molar-refractivity contribution >= 4 is 17.7 Å². The maximum absolute atomic E-state index is 13.0. The van der Waals surface area contributed by atoms with Gasteiger partial charge in [-0.05, 0) is 35.4 Å². The number of anilines is 1. The molecule has 0 spiro atoms. The van der Waals surface area contributed by atoms with E-state index in [9.17, 15) is 4.79 Å². The molecule has 1 fully saturated rings. The minimum Gasteiger partial charge on any atom is -0.497 e. The number of hydrogen-bond donors (Lipinski definition) is 0. The second-order valence-corrected chi connectivity index (χ2v) is 6.56. The van der Waals surface area contributed by atoms with Gasteiger partial charge in [-0.25, -0.2) is 0 Å². The van der Waals surface area contributed by atoms with Crippen LogP contribution in [-0.4, -0.2) is 19.1 Å². The predicted octanol–water partition coefficient (Wildman–Crippen LogP) is 4.91. The highest BCUT2D eigenvalue weighted by molar-refractivity contribution is 6.07. The van der Waals surface area contributed by atoms with E-state index in [-0.39, 0.29) is 17.9 Å². The second kappa shape index (κ2) is 7.50. The van der Waals surface area contributed by atoms with Crippen molar-refractivity contribution < 1.29 is 9.53 Å². The van der Waals surface area contributed by atoms with Crippen LogP contribution in [0.5, 0.6) is 5.75 Å².